The lowest BCUT2D eigenvalue weighted by Gasteiger charge is -2.19. The lowest BCUT2D eigenvalue weighted by Crippen LogP contribution is -2.30. The Balaban J connectivity index is 2.21. The first kappa shape index (κ1) is 15.3. The number of aryl methyl sites for hydroxylation is 1. The molecule has 0 radical (unpaired) electrons. The van der Waals surface area contributed by atoms with Crippen LogP contribution in [0.15, 0.2) is 47.3 Å². The number of rotatable bonds is 1. The minimum atomic E-state index is -0.219. The molecule has 0 unspecified atom stereocenters. The van der Waals surface area contributed by atoms with Crippen molar-refractivity contribution in [3.8, 4) is 11.4 Å². The maximum atomic E-state index is 12.6. The minimum absolute atomic E-state index is 0.0782. The summed E-state index contributed by atoms with van der Waals surface area (Å²) in [5.74, 6) is 6.50. The highest BCUT2D eigenvalue weighted by Gasteiger charge is 2.15. The first-order chi connectivity index (χ1) is 10.8. The van der Waals surface area contributed by atoms with Crippen LogP contribution < -0.4 is 11.4 Å². The average Bonchev–Trinajstić information content (AvgIpc) is 2.50. The standard InChI is InChI=1S/C19H21N3O/c1-12-6-5-7-15-16(12)18(23)22(20)17(21-15)13-8-10-14(11-9-13)19(2,3)4/h5-11H,20H2,1-4H3. The largest absolute Gasteiger partial charge is 0.334 e. The third kappa shape index (κ3) is 2.61. The summed E-state index contributed by atoms with van der Waals surface area (Å²) in [5.41, 5.74) is 3.47. The molecule has 3 rings (SSSR count). The van der Waals surface area contributed by atoms with Crippen molar-refractivity contribution < 1.29 is 0 Å². The maximum Gasteiger partial charge on any atom is 0.280 e. The molecule has 2 aromatic carbocycles. The fourth-order valence-corrected chi connectivity index (χ4v) is 2.73. The quantitative estimate of drug-likeness (QED) is 0.701. The minimum Gasteiger partial charge on any atom is -0.334 e. The van der Waals surface area contributed by atoms with Gasteiger partial charge < -0.3 is 5.84 Å². The monoisotopic (exact) mass is 307 g/mol. The zero-order valence-electron chi connectivity index (χ0n) is 13.9. The lowest BCUT2D eigenvalue weighted by molar-refractivity contribution is 0.590. The predicted molar refractivity (Wildman–Crippen MR) is 95.0 cm³/mol. The summed E-state index contributed by atoms with van der Waals surface area (Å²) in [7, 11) is 0. The number of aromatic nitrogens is 2. The van der Waals surface area contributed by atoms with Crippen molar-refractivity contribution in [2.24, 2.45) is 0 Å². The van der Waals surface area contributed by atoms with Gasteiger partial charge in [-0.05, 0) is 29.5 Å². The van der Waals surface area contributed by atoms with Crippen LogP contribution in [-0.4, -0.2) is 9.66 Å². The van der Waals surface area contributed by atoms with Gasteiger partial charge in [0, 0.05) is 5.56 Å². The van der Waals surface area contributed by atoms with E-state index in [0.29, 0.717) is 16.7 Å². The van der Waals surface area contributed by atoms with Crippen LogP contribution in [0.3, 0.4) is 0 Å². The molecule has 0 spiro atoms. The Morgan fingerprint density at radius 3 is 2.30 bits per heavy atom. The van der Waals surface area contributed by atoms with E-state index in [1.807, 2.05) is 37.3 Å². The first-order valence-electron chi connectivity index (χ1n) is 7.67. The van der Waals surface area contributed by atoms with Gasteiger partial charge in [0.2, 0.25) is 0 Å². The molecule has 0 amide bonds. The fraction of sp³-hybridized carbons (Fsp3) is 0.263. The van der Waals surface area contributed by atoms with Crippen molar-refractivity contribution in [3.05, 3.63) is 63.9 Å². The van der Waals surface area contributed by atoms with Crippen LogP contribution in [0.2, 0.25) is 0 Å². The number of nitrogens with two attached hydrogens (primary N) is 1. The molecule has 0 atom stereocenters. The van der Waals surface area contributed by atoms with E-state index in [2.05, 4.69) is 37.9 Å². The van der Waals surface area contributed by atoms with E-state index in [4.69, 9.17) is 5.84 Å². The highest BCUT2D eigenvalue weighted by molar-refractivity contribution is 5.82. The second kappa shape index (κ2) is 5.23. The highest BCUT2D eigenvalue weighted by atomic mass is 16.1. The third-order valence-corrected chi connectivity index (χ3v) is 4.15. The second-order valence-electron chi connectivity index (χ2n) is 6.91. The predicted octanol–water partition coefficient (Wildman–Crippen LogP) is 3.38. The summed E-state index contributed by atoms with van der Waals surface area (Å²) < 4.78 is 1.14. The summed E-state index contributed by atoms with van der Waals surface area (Å²) in [6.45, 7) is 8.39. The van der Waals surface area contributed by atoms with Gasteiger partial charge in [0.1, 0.15) is 0 Å². The smallest absolute Gasteiger partial charge is 0.280 e. The van der Waals surface area contributed by atoms with Gasteiger partial charge in [-0.25, -0.2) is 9.66 Å². The summed E-state index contributed by atoms with van der Waals surface area (Å²) in [4.78, 5) is 17.2. The molecule has 23 heavy (non-hydrogen) atoms. The normalized spacial score (nSPS) is 11.8. The number of hydrogen-bond donors (Lipinski definition) is 1. The third-order valence-electron chi connectivity index (χ3n) is 4.15. The lowest BCUT2D eigenvalue weighted by atomic mass is 9.86. The zero-order chi connectivity index (χ0) is 16.8. The van der Waals surface area contributed by atoms with Gasteiger partial charge in [0.05, 0.1) is 10.9 Å². The highest BCUT2D eigenvalue weighted by Crippen LogP contribution is 2.25. The number of benzene rings is 2. The topological polar surface area (TPSA) is 60.9 Å². The van der Waals surface area contributed by atoms with Crippen LogP contribution in [0.1, 0.15) is 31.9 Å². The number of hydrogen-bond acceptors (Lipinski definition) is 3. The summed E-state index contributed by atoms with van der Waals surface area (Å²) in [6, 6.07) is 13.7. The zero-order valence-corrected chi connectivity index (χ0v) is 13.9. The molecule has 0 fully saturated rings. The van der Waals surface area contributed by atoms with Crippen molar-refractivity contribution in [1.82, 2.24) is 9.66 Å². The second-order valence-corrected chi connectivity index (χ2v) is 6.91. The fourth-order valence-electron chi connectivity index (χ4n) is 2.73. The molecule has 1 heterocycles. The summed E-state index contributed by atoms with van der Waals surface area (Å²) in [6.07, 6.45) is 0. The van der Waals surface area contributed by atoms with Crippen LogP contribution in [0.5, 0.6) is 0 Å². The number of nitrogens with zero attached hydrogens (tertiary/aromatic N) is 2. The van der Waals surface area contributed by atoms with E-state index in [-0.39, 0.29) is 11.0 Å². The van der Waals surface area contributed by atoms with Gasteiger partial charge in [-0.3, -0.25) is 4.79 Å². The van der Waals surface area contributed by atoms with E-state index >= 15 is 0 Å². The molecular weight excluding hydrogens is 286 g/mol. The van der Waals surface area contributed by atoms with E-state index in [1.165, 1.54) is 5.56 Å². The Morgan fingerprint density at radius 2 is 1.70 bits per heavy atom. The summed E-state index contributed by atoms with van der Waals surface area (Å²) in [5, 5.41) is 0.574. The number of nitrogen functional groups attached to an aromatic ring is 1. The Kier molecular flexibility index (Phi) is 3.48. The van der Waals surface area contributed by atoms with Crippen LogP contribution in [-0.2, 0) is 5.41 Å². The Labute approximate surface area is 135 Å². The molecule has 0 aliphatic heterocycles. The molecule has 0 saturated heterocycles. The van der Waals surface area contributed by atoms with Crippen molar-refractivity contribution in [3.63, 3.8) is 0 Å². The van der Waals surface area contributed by atoms with Crippen LogP contribution in [0, 0.1) is 6.92 Å². The average molecular weight is 307 g/mol. The molecule has 0 saturated carbocycles. The molecule has 0 aliphatic carbocycles. The molecule has 1 aromatic heterocycles. The van der Waals surface area contributed by atoms with Crippen LogP contribution >= 0.6 is 0 Å². The van der Waals surface area contributed by atoms with Crippen LogP contribution in [0.25, 0.3) is 22.3 Å². The number of fused-ring (bicyclic) bond motifs is 1. The van der Waals surface area contributed by atoms with Gasteiger partial charge >= 0.3 is 0 Å². The molecular formula is C19H21N3O. The van der Waals surface area contributed by atoms with Gasteiger partial charge in [0.15, 0.2) is 5.82 Å². The van der Waals surface area contributed by atoms with Gasteiger partial charge in [-0.1, -0.05) is 57.2 Å². The molecule has 118 valence electrons. The molecule has 4 heteroatoms. The molecule has 0 bridgehead atoms. The van der Waals surface area contributed by atoms with E-state index < -0.39 is 0 Å². The maximum absolute atomic E-state index is 12.6. The summed E-state index contributed by atoms with van der Waals surface area (Å²) >= 11 is 0. The molecule has 2 N–H and O–H groups in total. The van der Waals surface area contributed by atoms with Gasteiger partial charge in [-0.15, -0.1) is 0 Å². The van der Waals surface area contributed by atoms with Gasteiger partial charge in [0.25, 0.3) is 5.56 Å². The van der Waals surface area contributed by atoms with Crippen molar-refractivity contribution in [2.75, 3.05) is 5.84 Å². The van der Waals surface area contributed by atoms with Gasteiger partial charge in [-0.2, -0.15) is 0 Å². The Bertz CT molecular complexity index is 932. The van der Waals surface area contributed by atoms with Crippen molar-refractivity contribution >= 4 is 10.9 Å². The first-order valence-corrected chi connectivity index (χ1v) is 7.67. The Morgan fingerprint density at radius 1 is 1.04 bits per heavy atom. The van der Waals surface area contributed by atoms with E-state index in [1.54, 1.807) is 0 Å². The van der Waals surface area contributed by atoms with Crippen molar-refractivity contribution in [1.29, 1.82) is 0 Å². The van der Waals surface area contributed by atoms with Crippen molar-refractivity contribution in [2.45, 2.75) is 33.1 Å². The van der Waals surface area contributed by atoms with Crippen LogP contribution in [0.4, 0.5) is 0 Å². The molecule has 3 aromatic rings. The molecule has 4 nitrogen and oxygen atoms in total. The van der Waals surface area contributed by atoms with E-state index in [9.17, 15) is 4.79 Å². The van der Waals surface area contributed by atoms with E-state index in [0.717, 1.165) is 15.8 Å². The Hall–Kier alpha value is -2.62. The SMILES string of the molecule is Cc1cccc2nc(-c3ccc(C(C)(C)C)cc3)n(N)c(=O)c12. The molecule has 0 aliphatic rings.